The topological polar surface area (TPSA) is 20.2 Å². The fourth-order valence-electron chi connectivity index (χ4n) is 2.02. The van der Waals surface area contributed by atoms with Crippen molar-refractivity contribution in [2.75, 3.05) is 0 Å². The number of aliphatic hydroxyl groups is 1. The Balaban J connectivity index is 2.16. The smallest absolute Gasteiger partial charge is 0.0830 e. The number of hydrogen-bond acceptors (Lipinski definition) is 1. The van der Waals surface area contributed by atoms with Crippen LogP contribution < -0.4 is 0 Å². The number of rotatable bonds is 3. The Hall–Kier alpha value is -1.31. The number of halogens is 1. The zero-order valence-corrected chi connectivity index (χ0v) is 11.4. The van der Waals surface area contributed by atoms with Crippen LogP contribution in [0.3, 0.4) is 0 Å². The molecule has 0 heterocycles. The number of hydrogen-bond donors (Lipinski definition) is 1. The monoisotopic (exact) mass is 260 g/mol. The molecule has 94 valence electrons. The molecule has 2 heteroatoms. The Morgan fingerprint density at radius 2 is 1.67 bits per heavy atom. The first-order valence-corrected chi connectivity index (χ1v) is 6.43. The van der Waals surface area contributed by atoms with Crippen molar-refractivity contribution in [3.05, 3.63) is 69.7 Å². The maximum atomic E-state index is 10.2. The van der Waals surface area contributed by atoms with E-state index in [9.17, 15) is 5.11 Å². The second-order valence-electron chi connectivity index (χ2n) is 4.77. The molecular weight excluding hydrogens is 244 g/mol. The summed E-state index contributed by atoms with van der Waals surface area (Å²) < 4.78 is 0. The average Bonchev–Trinajstić information content (AvgIpc) is 2.31. The minimum absolute atomic E-state index is 0.509. The fraction of sp³-hybridized carbons (Fsp3) is 0.250. The van der Waals surface area contributed by atoms with Crippen molar-refractivity contribution >= 4 is 11.6 Å². The highest BCUT2D eigenvalue weighted by atomic mass is 35.5. The Kier molecular flexibility index (Phi) is 4.05. The Morgan fingerprint density at radius 3 is 2.28 bits per heavy atom. The molecule has 1 atom stereocenters. The summed E-state index contributed by atoms with van der Waals surface area (Å²) >= 11 is 6.01. The zero-order valence-electron chi connectivity index (χ0n) is 10.7. The van der Waals surface area contributed by atoms with Crippen molar-refractivity contribution in [2.24, 2.45) is 0 Å². The van der Waals surface area contributed by atoms with Crippen molar-refractivity contribution in [3.8, 4) is 0 Å². The van der Waals surface area contributed by atoms with Crippen LogP contribution in [0.1, 0.15) is 28.4 Å². The van der Waals surface area contributed by atoms with E-state index in [0.29, 0.717) is 11.4 Å². The van der Waals surface area contributed by atoms with Crippen molar-refractivity contribution in [1.29, 1.82) is 0 Å². The van der Waals surface area contributed by atoms with E-state index in [4.69, 9.17) is 11.6 Å². The lowest BCUT2D eigenvalue weighted by atomic mass is 9.99. The first kappa shape index (κ1) is 13.1. The van der Waals surface area contributed by atoms with Gasteiger partial charge in [-0.3, -0.25) is 0 Å². The zero-order chi connectivity index (χ0) is 13.1. The molecule has 2 aromatic carbocycles. The maximum Gasteiger partial charge on any atom is 0.0830 e. The SMILES string of the molecule is Cc1ccc(CC(O)c2cc(C)cc(Cl)c2)cc1. The van der Waals surface area contributed by atoms with Crippen LogP contribution in [0.15, 0.2) is 42.5 Å². The first-order chi connectivity index (χ1) is 8.54. The largest absolute Gasteiger partial charge is 0.388 e. The Morgan fingerprint density at radius 1 is 1.00 bits per heavy atom. The molecule has 0 radical (unpaired) electrons. The van der Waals surface area contributed by atoms with E-state index >= 15 is 0 Å². The molecule has 0 aromatic heterocycles. The van der Waals surface area contributed by atoms with E-state index in [1.807, 2.05) is 25.1 Å². The summed E-state index contributed by atoms with van der Waals surface area (Å²) in [7, 11) is 0. The molecule has 2 rings (SSSR count). The fourth-order valence-corrected chi connectivity index (χ4v) is 2.32. The van der Waals surface area contributed by atoms with Crippen molar-refractivity contribution in [2.45, 2.75) is 26.4 Å². The highest BCUT2D eigenvalue weighted by molar-refractivity contribution is 6.30. The van der Waals surface area contributed by atoms with Gasteiger partial charge in [0.25, 0.3) is 0 Å². The van der Waals surface area contributed by atoms with Gasteiger partial charge in [-0.1, -0.05) is 47.5 Å². The summed E-state index contributed by atoms with van der Waals surface area (Å²) in [5.41, 5.74) is 4.30. The molecule has 0 aliphatic heterocycles. The highest BCUT2D eigenvalue weighted by Gasteiger charge is 2.09. The third kappa shape index (κ3) is 3.34. The van der Waals surface area contributed by atoms with Crippen LogP contribution in [0.4, 0.5) is 0 Å². The minimum atomic E-state index is -0.509. The minimum Gasteiger partial charge on any atom is -0.388 e. The van der Waals surface area contributed by atoms with Gasteiger partial charge in [0.15, 0.2) is 0 Å². The van der Waals surface area contributed by atoms with E-state index in [1.165, 1.54) is 5.56 Å². The Bertz CT molecular complexity index is 511. The van der Waals surface area contributed by atoms with Gasteiger partial charge in [-0.05, 0) is 42.7 Å². The van der Waals surface area contributed by atoms with Gasteiger partial charge in [0, 0.05) is 11.4 Å². The summed E-state index contributed by atoms with van der Waals surface area (Å²) in [6, 6.07) is 13.9. The molecule has 0 fully saturated rings. The van der Waals surface area contributed by atoms with Crippen LogP contribution in [-0.2, 0) is 6.42 Å². The van der Waals surface area contributed by atoms with Gasteiger partial charge < -0.3 is 5.11 Å². The molecule has 0 saturated carbocycles. The number of aliphatic hydroxyl groups excluding tert-OH is 1. The van der Waals surface area contributed by atoms with Gasteiger partial charge in [-0.15, -0.1) is 0 Å². The highest BCUT2D eigenvalue weighted by Crippen LogP contribution is 2.23. The predicted octanol–water partition coefficient (Wildman–Crippen LogP) is 4.23. The first-order valence-electron chi connectivity index (χ1n) is 6.05. The second kappa shape index (κ2) is 5.55. The summed E-state index contributed by atoms with van der Waals surface area (Å²) in [4.78, 5) is 0. The molecular formula is C16H17ClO. The van der Waals surface area contributed by atoms with Gasteiger partial charge in [-0.25, -0.2) is 0 Å². The van der Waals surface area contributed by atoms with Crippen LogP contribution in [0.2, 0.25) is 5.02 Å². The molecule has 1 unspecified atom stereocenters. The summed E-state index contributed by atoms with van der Waals surface area (Å²) in [5.74, 6) is 0. The van der Waals surface area contributed by atoms with Crippen LogP contribution in [0.25, 0.3) is 0 Å². The predicted molar refractivity (Wildman–Crippen MR) is 76.0 cm³/mol. The summed E-state index contributed by atoms with van der Waals surface area (Å²) in [6.07, 6.45) is 0.102. The van der Waals surface area contributed by atoms with Crippen molar-refractivity contribution in [3.63, 3.8) is 0 Å². The number of benzene rings is 2. The van der Waals surface area contributed by atoms with E-state index in [2.05, 4.69) is 31.2 Å². The standard InChI is InChI=1S/C16H17ClO/c1-11-3-5-13(6-4-11)9-16(18)14-7-12(2)8-15(17)10-14/h3-8,10,16,18H,9H2,1-2H3. The molecule has 2 aromatic rings. The molecule has 1 N–H and O–H groups in total. The lowest BCUT2D eigenvalue weighted by Crippen LogP contribution is -2.02. The molecule has 0 aliphatic carbocycles. The van der Waals surface area contributed by atoms with Gasteiger partial charge in [0.05, 0.1) is 6.10 Å². The number of aryl methyl sites for hydroxylation is 2. The normalized spacial score (nSPS) is 12.4. The van der Waals surface area contributed by atoms with Gasteiger partial charge in [0.2, 0.25) is 0 Å². The maximum absolute atomic E-state index is 10.2. The van der Waals surface area contributed by atoms with E-state index in [0.717, 1.165) is 16.7 Å². The van der Waals surface area contributed by atoms with Crippen LogP contribution in [0.5, 0.6) is 0 Å². The molecule has 1 nitrogen and oxygen atoms in total. The van der Waals surface area contributed by atoms with Crippen LogP contribution in [-0.4, -0.2) is 5.11 Å². The van der Waals surface area contributed by atoms with Crippen LogP contribution in [0, 0.1) is 13.8 Å². The van der Waals surface area contributed by atoms with Gasteiger partial charge in [-0.2, -0.15) is 0 Å². The quantitative estimate of drug-likeness (QED) is 0.876. The summed E-state index contributed by atoms with van der Waals surface area (Å²) in [5, 5.41) is 10.9. The van der Waals surface area contributed by atoms with Gasteiger partial charge >= 0.3 is 0 Å². The van der Waals surface area contributed by atoms with Crippen LogP contribution >= 0.6 is 11.6 Å². The van der Waals surface area contributed by atoms with Gasteiger partial charge in [0.1, 0.15) is 0 Å². The molecule has 0 saturated heterocycles. The van der Waals surface area contributed by atoms with Crippen molar-refractivity contribution in [1.82, 2.24) is 0 Å². The third-order valence-electron chi connectivity index (χ3n) is 3.00. The van der Waals surface area contributed by atoms with E-state index < -0.39 is 6.10 Å². The average molecular weight is 261 g/mol. The van der Waals surface area contributed by atoms with E-state index in [-0.39, 0.29) is 0 Å². The lowest BCUT2D eigenvalue weighted by Gasteiger charge is -2.12. The molecule has 0 amide bonds. The molecule has 0 bridgehead atoms. The Labute approximate surface area is 113 Å². The van der Waals surface area contributed by atoms with E-state index in [1.54, 1.807) is 0 Å². The summed E-state index contributed by atoms with van der Waals surface area (Å²) in [6.45, 7) is 4.04. The van der Waals surface area contributed by atoms with Crippen molar-refractivity contribution < 1.29 is 5.11 Å². The molecule has 0 spiro atoms. The third-order valence-corrected chi connectivity index (χ3v) is 3.22. The molecule has 18 heavy (non-hydrogen) atoms. The molecule has 0 aliphatic rings. The second-order valence-corrected chi connectivity index (χ2v) is 5.20. The lowest BCUT2D eigenvalue weighted by molar-refractivity contribution is 0.178.